The zero-order valence-corrected chi connectivity index (χ0v) is 11.7. The van der Waals surface area contributed by atoms with Gasteiger partial charge in [0.15, 0.2) is 0 Å². The second-order valence-corrected chi connectivity index (χ2v) is 4.59. The highest BCUT2D eigenvalue weighted by Gasteiger charge is 2.12. The van der Waals surface area contributed by atoms with Gasteiger partial charge in [-0.25, -0.2) is 9.07 Å². The molecule has 2 aromatic rings. The highest BCUT2D eigenvalue weighted by Crippen LogP contribution is 2.19. The normalized spacial score (nSPS) is 10.9. The first-order valence-corrected chi connectivity index (χ1v) is 6.70. The number of rotatable bonds is 5. The summed E-state index contributed by atoms with van der Waals surface area (Å²) in [5.41, 5.74) is 4.22. The SMILES string of the molecule is CCNCc1cnn(-c2ccc(F)cc2C)c1CC. The Kier molecular flexibility index (Phi) is 4.32. The van der Waals surface area contributed by atoms with Crippen molar-refractivity contribution in [2.75, 3.05) is 6.54 Å². The molecule has 1 heterocycles. The number of aromatic nitrogens is 2. The van der Waals surface area contributed by atoms with Crippen molar-refractivity contribution in [2.45, 2.75) is 33.7 Å². The van der Waals surface area contributed by atoms with Gasteiger partial charge in [-0.1, -0.05) is 13.8 Å². The van der Waals surface area contributed by atoms with Crippen molar-refractivity contribution in [3.05, 3.63) is 47.0 Å². The zero-order chi connectivity index (χ0) is 13.8. The van der Waals surface area contributed by atoms with E-state index in [1.165, 1.54) is 17.3 Å². The molecular weight excluding hydrogens is 241 g/mol. The molecule has 0 aliphatic carbocycles. The van der Waals surface area contributed by atoms with Crippen molar-refractivity contribution in [2.24, 2.45) is 0 Å². The van der Waals surface area contributed by atoms with E-state index in [2.05, 4.69) is 24.3 Å². The lowest BCUT2D eigenvalue weighted by atomic mass is 10.1. The van der Waals surface area contributed by atoms with Crippen LogP contribution in [0.25, 0.3) is 5.69 Å². The molecule has 0 atom stereocenters. The predicted octanol–water partition coefficient (Wildman–Crippen LogP) is 2.99. The van der Waals surface area contributed by atoms with Crippen LogP contribution < -0.4 is 5.32 Å². The van der Waals surface area contributed by atoms with Crippen molar-refractivity contribution < 1.29 is 4.39 Å². The molecule has 19 heavy (non-hydrogen) atoms. The Hall–Kier alpha value is -1.68. The topological polar surface area (TPSA) is 29.9 Å². The molecular formula is C15H20FN3. The third-order valence-corrected chi connectivity index (χ3v) is 3.24. The monoisotopic (exact) mass is 261 g/mol. The molecule has 0 unspecified atom stereocenters. The molecule has 4 heteroatoms. The highest BCUT2D eigenvalue weighted by atomic mass is 19.1. The summed E-state index contributed by atoms with van der Waals surface area (Å²) in [7, 11) is 0. The summed E-state index contributed by atoms with van der Waals surface area (Å²) < 4.78 is 15.1. The molecule has 102 valence electrons. The first kappa shape index (κ1) is 13.7. The van der Waals surface area contributed by atoms with Gasteiger partial charge in [-0.2, -0.15) is 5.10 Å². The average molecular weight is 261 g/mol. The van der Waals surface area contributed by atoms with Crippen LogP contribution in [0.4, 0.5) is 4.39 Å². The lowest BCUT2D eigenvalue weighted by molar-refractivity contribution is 0.625. The highest BCUT2D eigenvalue weighted by molar-refractivity contribution is 5.42. The van der Waals surface area contributed by atoms with Crippen molar-refractivity contribution in [3.8, 4) is 5.69 Å². The Bertz CT molecular complexity index is 561. The van der Waals surface area contributed by atoms with E-state index in [-0.39, 0.29) is 5.82 Å². The van der Waals surface area contributed by atoms with Crippen LogP contribution in [0.5, 0.6) is 0 Å². The van der Waals surface area contributed by atoms with Gasteiger partial charge in [0, 0.05) is 17.8 Å². The molecule has 0 fully saturated rings. The number of aryl methyl sites for hydroxylation is 1. The maximum Gasteiger partial charge on any atom is 0.123 e. The molecule has 0 aliphatic rings. The van der Waals surface area contributed by atoms with Crippen LogP contribution in [0, 0.1) is 12.7 Å². The summed E-state index contributed by atoms with van der Waals surface area (Å²) in [6, 6.07) is 4.81. The number of hydrogen-bond donors (Lipinski definition) is 1. The summed E-state index contributed by atoms with van der Waals surface area (Å²) in [4.78, 5) is 0. The van der Waals surface area contributed by atoms with E-state index in [0.29, 0.717) is 0 Å². The predicted molar refractivity (Wildman–Crippen MR) is 75.0 cm³/mol. The van der Waals surface area contributed by atoms with E-state index in [1.54, 1.807) is 12.1 Å². The molecule has 0 saturated carbocycles. The molecule has 1 aromatic heterocycles. The Morgan fingerprint density at radius 3 is 2.74 bits per heavy atom. The first-order valence-electron chi connectivity index (χ1n) is 6.70. The molecule has 0 radical (unpaired) electrons. The van der Waals surface area contributed by atoms with Crippen LogP contribution in [0.1, 0.15) is 30.7 Å². The molecule has 0 saturated heterocycles. The minimum Gasteiger partial charge on any atom is -0.313 e. The van der Waals surface area contributed by atoms with Crippen LogP contribution in [-0.2, 0) is 13.0 Å². The Labute approximate surface area is 113 Å². The smallest absolute Gasteiger partial charge is 0.123 e. The van der Waals surface area contributed by atoms with E-state index in [9.17, 15) is 4.39 Å². The van der Waals surface area contributed by atoms with Gasteiger partial charge in [0.05, 0.1) is 11.9 Å². The number of hydrogen-bond acceptors (Lipinski definition) is 2. The van der Waals surface area contributed by atoms with E-state index >= 15 is 0 Å². The van der Waals surface area contributed by atoms with Gasteiger partial charge in [0.2, 0.25) is 0 Å². The number of benzene rings is 1. The molecule has 2 rings (SSSR count). The quantitative estimate of drug-likeness (QED) is 0.896. The molecule has 0 amide bonds. The Morgan fingerprint density at radius 2 is 2.11 bits per heavy atom. The summed E-state index contributed by atoms with van der Waals surface area (Å²) in [5.74, 6) is -0.209. The number of nitrogens with zero attached hydrogens (tertiary/aromatic N) is 2. The Morgan fingerprint density at radius 1 is 1.32 bits per heavy atom. The van der Waals surface area contributed by atoms with Gasteiger partial charge in [-0.3, -0.25) is 0 Å². The van der Waals surface area contributed by atoms with Crippen molar-refractivity contribution >= 4 is 0 Å². The average Bonchev–Trinajstić information content (AvgIpc) is 2.79. The fraction of sp³-hybridized carbons (Fsp3) is 0.400. The minimum atomic E-state index is -0.209. The lowest BCUT2D eigenvalue weighted by Gasteiger charge is -2.11. The minimum absolute atomic E-state index is 0.209. The molecule has 1 N–H and O–H groups in total. The maximum absolute atomic E-state index is 13.2. The molecule has 3 nitrogen and oxygen atoms in total. The van der Waals surface area contributed by atoms with Gasteiger partial charge in [-0.05, 0) is 43.7 Å². The number of halogens is 1. The lowest BCUT2D eigenvalue weighted by Crippen LogP contribution is -2.13. The fourth-order valence-electron chi connectivity index (χ4n) is 2.26. The van der Waals surface area contributed by atoms with Crippen LogP contribution >= 0.6 is 0 Å². The van der Waals surface area contributed by atoms with Gasteiger partial charge in [-0.15, -0.1) is 0 Å². The second-order valence-electron chi connectivity index (χ2n) is 4.59. The van der Waals surface area contributed by atoms with Gasteiger partial charge >= 0.3 is 0 Å². The van der Waals surface area contributed by atoms with Gasteiger partial charge < -0.3 is 5.32 Å². The molecule has 0 bridgehead atoms. The summed E-state index contributed by atoms with van der Waals surface area (Å²) in [5, 5.41) is 7.77. The van der Waals surface area contributed by atoms with Crippen LogP contribution in [0.15, 0.2) is 24.4 Å². The van der Waals surface area contributed by atoms with Gasteiger partial charge in [0.1, 0.15) is 5.82 Å². The van der Waals surface area contributed by atoms with Crippen LogP contribution in [0.3, 0.4) is 0 Å². The summed E-state index contributed by atoms with van der Waals surface area (Å²) in [6.07, 6.45) is 2.79. The molecule has 1 aromatic carbocycles. The molecule has 0 aliphatic heterocycles. The third kappa shape index (κ3) is 2.84. The van der Waals surface area contributed by atoms with E-state index in [0.717, 1.165) is 30.8 Å². The number of nitrogens with one attached hydrogen (secondary N) is 1. The Balaban J connectivity index is 2.41. The third-order valence-electron chi connectivity index (χ3n) is 3.24. The maximum atomic E-state index is 13.2. The summed E-state index contributed by atoms with van der Waals surface area (Å²) >= 11 is 0. The largest absolute Gasteiger partial charge is 0.313 e. The van der Waals surface area contributed by atoms with Crippen molar-refractivity contribution in [1.82, 2.24) is 15.1 Å². The fourth-order valence-corrected chi connectivity index (χ4v) is 2.26. The molecule has 0 spiro atoms. The summed E-state index contributed by atoms with van der Waals surface area (Å²) in [6.45, 7) is 7.86. The van der Waals surface area contributed by atoms with Crippen molar-refractivity contribution in [1.29, 1.82) is 0 Å². The van der Waals surface area contributed by atoms with E-state index in [4.69, 9.17) is 0 Å². The first-order chi connectivity index (χ1) is 9.17. The van der Waals surface area contributed by atoms with E-state index in [1.807, 2.05) is 17.8 Å². The van der Waals surface area contributed by atoms with Crippen molar-refractivity contribution in [3.63, 3.8) is 0 Å². The zero-order valence-electron chi connectivity index (χ0n) is 11.7. The van der Waals surface area contributed by atoms with Crippen LogP contribution in [0.2, 0.25) is 0 Å². The second kappa shape index (κ2) is 5.97. The van der Waals surface area contributed by atoms with Crippen LogP contribution in [-0.4, -0.2) is 16.3 Å². The van der Waals surface area contributed by atoms with E-state index < -0.39 is 0 Å². The standard InChI is InChI=1S/C15H20FN3/c1-4-14-12(9-17-5-2)10-18-19(14)15-7-6-13(16)8-11(15)3/h6-8,10,17H,4-5,9H2,1-3H3. The van der Waals surface area contributed by atoms with Gasteiger partial charge in [0.25, 0.3) is 0 Å².